The molecule has 0 fully saturated rings. The number of ether oxygens (including phenoxy) is 1. The van der Waals surface area contributed by atoms with E-state index in [4.69, 9.17) is 4.74 Å². The van der Waals surface area contributed by atoms with Crippen molar-refractivity contribution in [2.45, 2.75) is 39.9 Å². The Morgan fingerprint density at radius 2 is 1.33 bits per heavy atom. The van der Waals surface area contributed by atoms with Gasteiger partial charge < -0.3 is 9.72 Å². The Morgan fingerprint density at radius 3 is 1.42 bits per heavy atom. The van der Waals surface area contributed by atoms with E-state index in [1.807, 2.05) is 52.2 Å². The monoisotopic (exact) mass is 169 g/mol. The van der Waals surface area contributed by atoms with Crippen LogP contribution in [0.3, 0.4) is 0 Å². The number of rotatable bonds is 2. The van der Waals surface area contributed by atoms with Gasteiger partial charge >= 0.3 is 0 Å². The predicted molar refractivity (Wildman–Crippen MR) is 52.1 cm³/mol. The molecule has 0 bridgehead atoms. The van der Waals surface area contributed by atoms with Gasteiger partial charge in [0.1, 0.15) is 0 Å². The molecule has 0 aliphatic rings. The molecule has 1 rings (SSSR count). The van der Waals surface area contributed by atoms with Crippen LogP contribution in [0.2, 0.25) is 0 Å². The van der Waals surface area contributed by atoms with Crippen LogP contribution in [0.15, 0.2) is 24.5 Å². The first kappa shape index (κ1) is 11.2. The second-order valence-electron chi connectivity index (χ2n) is 3.12. The summed E-state index contributed by atoms with van der Waals surface area (Å²) >= 11 is 0. The molecule has 0 saturated carbocycles. The molecule has 0 atom stereocenters. The Morgan fingerprint density at radius 1 is 0.917 bits per heavy atom. The lowest BCUT2D eigenvalue weighted by molar-refractivity contribution is 0.0300. The lowest BCUT2D eigenvalue weighted by atomic mass is 10.4. The molecule has 0 amide bonds. The summed E-state index contributed by atoms with van der Waals surface area (Å²) in [5.74, 6) is 0. The number of aromatic amines is 1. The zero-order chi connectivity index (χ0) is 9.40. The van der Waals surface area contributed by atoms with Crippen molar-refractivity contribution >= 4 is 0 Å². The Hall–Kier alpha value is -0.760. The van der Waals surface area contributed by atoms with Gasteiger partial charge in [-0.1, -0.05) is 0 Å². The van der Waals surface area contributed by atoms with E-state index in [-0.39, 0.29) is 0 Å². The summed E-state index contributed by atoms with van der Waals surface area (Å²) in [6.45, 7) is 8.17. The zero-order valence-corrected chi connectivity index (χ0v) is 8.37. The molecule has 0 aromatic carbocycles. The van der Waals surface area contributed by atoms with Gasteiger partial charge in [0, 0.05) is 12.4 Å². The average molecular weight is 169 g/mol. The van der Waals surface area contributed by atoms with Gasteiger partial charge in [-0.2, -0.15) is 0 Å². The van der Waals surface area contributed by atoms with Crippen LogP contribution in [0.4, 0.5) is 0 Å². The summed E-state index contributed by atoms with van der Waals surface area (Å²) in [7, 11) is 0. The van der Waals surface area contributed by atoms with Crippen LogP contribution < -0.4 is 0 Å². The maximum Gasteiger partial charge on any atom is 0.0522 e. The molecule has 1 heterocycles. The Kier molecular flexibility index (Phi) is 6.48. The first-order valence-electron chi connectivity index (χ1n) is 4.36. The third-order valence-electron chi connectivity index (χ3n) is 1.04. The highest BCUT2D eigenvalue weighted by Gasteiger charge is 1.94. The fourth-order valence-corrected chi connectivity index (χ4v) is 0.822. The molecular formula is C10H19NO. The van der Waals surface area contributed by atoms with Crippen molar-refractivity contribution in [1.29, 1.82) is 0 Å². The van der Waals surface area contributed by atoms with Crippen LogP contribution in [0.1, 0.15) is 27.7 Å². The molecule has 2 heteroatoms. The van der Waals surface area contributed by atoms with Crippen LogP contribution in [0.5, 0.6) is 0 Å². The highest BCUT2D eigenvalue weighted by Crippen LogP contribution is 1.93. The van der Waals surface area contributed by atoms with Gasteiger partial charge in [-0.3, -0.25) is 0 Å². The molecule has 0 saturated heterocycles. The lowest BCUT2D eigenvalue weighted by Crippen LogP contribution is -2.09. The normalized spacial score (nSPS) is 9.83. The van der Waals surface area contributed by atoms with Gasteiger partial charge in [0.05, 0.1) is 12.2 Å². The van der Waals surface area contributed by atoms with Crippen molar-refractivity contribution in [2.75, 3.05) is 0 Å². The van der Waals surface area contributed by atoms with E-state index in [1.54, 1.807) is 0 Å². The molecule has 2 nitrogen and oxygen atoms in total. The number of nitrogens with one attached hydrogen (secondary N) is 1. The summed E-state index contributed by atoms with van der Waals surface area (Å²) in [4.78, 5) is 2.86. The third-order valence-corrected chi connectivity index (χ3v) is 1.04. The second-order valence-corrected chi connectivity index (χ2v) is 3.12. The summed E-state index contributed by atoms with van der Waals surface area (Å²) in [5.41, 5.74) is 0. The highest BCUT2D eigenvalue weighted by molar-refractivity contribution is 4.84. The highest BCUT2D eigenvalue weighted by atomic mass is 16.5. The van der Waals surface area contributed by atoms with E-state index in [0.717, 1.165) is 0 Å². The van der Waals surface area contributed by atoms with E-state index in [1.165, 1.54) is 0 Å². The Labute approximate surface area is 74.9 Å². The Balaban J connectivity index is 0.000000211. The van der Waals surface area contributed by atoms with E-state index in [9.17, 15) is 0 Å². The summed E-state index contributed by atoms with van der Waals surface area (Å²) in [6, 6.07) is 3.89. The summed E-state index contributed by atoms with van der Waals surface area (Å²) in [6.07, 6.45) is 4.50. The van der Waals surface area contributed by atoms with Gasteiger partial charge in [0.15, 0.2) is 0 Å². The van der Waals surface area contributed by atoms with Crippen LogP contribution in [-0.2, 0) is 4.74 Å². The predicted octanol–water partition coefficient (Wildman–Crippen LogP) is 2.83. The molecule has 0 aliphatic carbocycles. The van der Waals surface area contributed by atoms with Crippen molar-refractivity contribution in [1.82, 2.24) is 4.98 Å². The largest absolute Gasteiger partial charge is 0.376 e. The van der Waals surface area contributed by atoms with Crippen LogP contribution in [0, 0.1) is 0 Å². The molecule has 70 valence electrons. The molecule has 0 spiro atoms. The Bertz CT molecular complexity index is 133. The first-order chi connectivity index (χ1) is 5.63. The quantitative estimate of drug-likeness (QED) is 0.723. The summed E-state index contributed by atoms with van der Waals surface area (Å²) < 4.78 is 5.25. The number of hydrogen-bond donors (Lipinski definition) is 1. The number of hydrogen-bond acceptors (Lipinski definition) is 1. The topological polar surface area (TPSA) is 25.0 Å². The van der Waals surface area contributed by atoms with Gasteiger partial charge in [0.25, 0.3) is 0 Å². The van der Waals surface area contributed by atoms with Crippen molar-refractivity contribution in [3.63, 3.8) is 0 Å². The smallest absolute Gasteiger partial charge is 0.0522 e. The second kappa shape index (κ2) is 6.92. The van der Waals surface area contributed by atoms with Crippen molar-refractivity contribution in [3.8, 4) is 0 Å². The van der Waals surface area contributed by atoms with E-state index in [2.05, 4.69) is 4.98 Å². The average Bonchev–Trinajstić information content (AvgIpc) is 2.36. The molecule has 0 radical (unpaired) electrons. The maximum atomic E-state index is 5.25. The van der Waals surface area contributed by atoms with E-state index >= 15 is 0 Å². The minimum atomic E-state index is 0.375. The molecule has 0 unspecified atom stereocenters. The van der Waals surface area contributed by atoms with Gasteiger partial charge in [0.2, 0.25) is 0 Å². The third kappa shape index (κ3) is 9.24. The van der Waals surface area contributed by atoms with Gasteiger partial charge in [-0.05, 0) is 39.8 Å². The van der Waals surface area contributed by atoms with Crippen LogP contribution >= 0.6 is 0 Å². The van der Waals surface area contributed by atoms with E-state index < -0.39 is 0 Å². The van der Waals surface area contributed by atoms with Gasteiger partial charge in [-0.15, -0.1) is 0 Å². The van der Waals surface area contributed by atoms with Crippen molar-refractivity contribution in [2.24, 2.45) is 0 Å². The van der Waals surface area contributed by atoms with Crippen LogP contribution in [-0.4, -0.2) is 17.2 Å². The fourth-order valence-electron chi connectivity index (χ4n) is 0.822. The minimum Gasteiger partial charge on any atom is -0.376 e. The van der Waals surface area contributed by atoms with Crippen molar-refractivity contribution < 1.29 is 4.74 Å². The molecule has 1 aromatic heterocycles. The SMILES string of the molecule is CC(C)OC(C)C.c1cc[nH]c1. The molecule has 0 aliphatic heterocycles. The van der Waals surface area contributed by atoms with Crippen molar-refractivity contribution in [3.05, 3.63) is 24.5 Å². The number of H-pyrrole nitrogens is 1. The molecule has 12 heavy (non-hydrogen) atoms. The van der Waals surface area contributed by atoms with Crippen LogP contribution in [0.25, 0.3) is 0 Å². The minimum absolute atomic E-state index is 0.375. The fraction of sp³-hybridized carbons (Fsp3) is 0.600. The molecule has 1 N–H and O–H groups in total. The maximum absolute atomic E-state index is 5.25. The lowest BCUT2D eigenvalue weighted by Gasteiger charge is -2.09. The van der Waals surface area contributed by atoms with E-state index in [0.29, 0.717) is 12.2 Å². The number of aromatic nitrogens is 1. The molecular weight excluding hydrogens is 150 g/mol. The molecule has 1 aromatic rings. The standard InChI is InChI=1S/C6H14O.C4H5N/c1-5(2)7-6(3)4;1-2-4-5-3-1/h5-6H,1-4H3;1-5H. The first-order valence-corrected chi connectivity index (χ1v) is 4.36. The zero-order valence-electron chi connectivity index (χ0n) is 8.37. The summed E-state index contributed by atoms with van der Waals surface area (Å²) in [5, 5.41) is 0. The van der Waals surface area contributed by atoms with Gasteiger partial charge in [-0.25, -0.2) is 0 Å².